The number of benzene rings is 1. The summed E-state index contributed by atoms with van der Waals surface area (Å²) in [7, 11) is 2.08. The number of pyridine rings is 1. The summed E-state index contributed by atoms with van der Waals surface area (Å²) in [5.74, 6) is 0.0158. The Morgan fingerprint density at radius 2 is 1.83 bits per heavy atom. The van der Waals surface area contributed by atoms with Gasteiger partial charge in [0.2, 0.25) is 0 Å². The van der Waals surface area contributed by atoms with Crippen molar-refractivity contribution in [2.75, 3.05) is 38.5 Å². The second-order valence-electron chi connectivity index (χ2n) is 6.36. The van der Waals surface area contributed by atoms with Crippen LogP contribution < -0.4 is 5.32 Å². The molecule has 5 nitrogen and oxygen atoms in total. The van der Waals surface area contributed by atoms with Crippen molar-refractivity contribution in [1.82, 2.24) is 14.8 Å². The Labute approximate surface area is 143 Å². The average Bonchev–Trinajstić information content (AvgIpc) is 2.61. The Balaban J connectivity index is 1.63. The van der Waals surface area contributed by atoms with Gasteiger partial charge in [0, 0.05) is 44.6 Å². The normalized spacial score (nSPS) is 15.3. The second-order valence-corrected chi connectivity index (χ2v) is 6.36. The molecule has 1 aliphatic heterocycles. The van der Waals surface area contributed by atoms with Gasteiger partial charge in [-0.1, -0.05) is 29.8 Å². The van der Waals surface area contributed by atoms with Crippen molar-refractivity contribution in [3.8, 4) is 0 Å². The number of carbonyl (C=O) groups is 1. The smallest absolute Gasteiger partial charge is 0.272 e. The molecule has 0 spiro atoms. The Bertz CT molecular complexity index is 691. The number of anilines is 1. The highest BCUT2D eigenvalue weighted by Crippen LogP contribution is 2.13. The Morgan fingerprint density at radius 1 is 1.12 bits per heavy atom. The standard InChI is InChI=1S/C19H24N4O/c1-15-3-5-16(6-4-15)14-21-17-7-8-20-18(13-17)19(24)23-11-9-22(2)10-12-23/h3-8,13H,9-12,14H2,1-2H3,(H,20,21). The fourth-order valence-corrected chi connectivity index (χ4v) is 2.74. The van der Waals surface area contributed by atoms with Crippen LogP contribution in [0.15, 0.2) is 42.6 Å². The molecule has 24 heavy (non-hydrogen) atoms. The minimum absolute atomic E-state index is 0.0158. The molecule has 0 saturated carbocycles. The van der Waals surface area contributed by atoms with E-state index in [1.54, 1.807) is 6.20 Å². The zero-order chi connectivity index (χ0) is 16.9. The Kier molecular flexibility index (Phi) is 5.11. The molecule has 1 amide bonds. The van der Waals surface area contributed by atoms with Gasteiger partial charge in [0.15, 0.2) is 0 Å². The van der Waals surface area contributed by atoms with Gasteiger partial charge in [0.25, 0.3) is 5.91 Å². The van der Waals surface area contributed by atoms with Gasteiger partial charge in [-0.15, -0.1) is 0 Å². The van der Waals surface area contributed by atoms with Gasteiger partial charge >= 0.3 is 0 Å². The molecule has 0 aliphatic carbocycles. The molecule has 3 rings (SSSR count). The molecule has 0 atom stereocenters. The van der Waals surface area contributed by atoms with Crippen LogP contribution >= 0.6 is 0 Å². The van der Waals surface area contributed by atoms with Crippen LogP contribution in [0.4, 0.5) is 5.69 Å². The maximum atomic E-state index is 12.6. The number of nitrogens with zero attached hydrogens (tertiary/aromatic N) is 3. The molecule has 2 heterocycles. The molecule has 5 heteroatoms. The number of rotatable bonds is 4. The van der Waals surface area contributed by atoms with E-state index in [-0.39, 0.29) is 5.91 Å². The van der Waals surface area contributed by atoms with Crippen LogP contribution in [0.3, 0.4) is 0 Å². The number of aromatic nitrogens is 1. The van der Waals surface area contributed by atoms with Crippen LogP contribution in [0.2, 0.25) is 0 Å². The lowest BCUT2D eigenvalue weighted by Gasteiger charge is -2.32. The van der Waals surface area contributed by atoms with Crippen LogP contribution in [0.5, 0.6) is 0 Å². The third kappa shape index (κ3) is 4.11. The predicted molar refractivity (Wildman–Crippen MR) is 96.1 cm³/mol. The van der Waals surface area contributed by atoms with Crippen LogP contribution in [0, 0.1) is 6.92 Å². The lowest BCUT2D eigenvalue weighted by atomic mass is 10.1. The molecule has 1 N–H and O–H groups in total. The van der Waals surface area contributed by atoms with Crippen molar-refractivity contribution >= 4 is 11.6 Å². The van der Waals surface area contributed by atoms with Crippen molar-refractivity contribution in [2.45, 2.75) is 13.5 Å². The molecule has 2 aromatic rings. The molecular weight excluding hydrogens is 300 g/mol. The van der Waals surface area contributed by atoms with Crippen LogP contribution in [0.25, 0.3) is 0 Å². The summed E-state index contributed by atoms with van der Waals surface area (Å²) in [6.07, 6.45) is 1.70. The summed E-state index contributed by atoms with van der Waals surface area (Å²) >= 11 is 0. The van der Waals surface area contributed by atoms with Gasteiger partial charge in [0.1, 0.15) is 5.69 Å². The highest BCUT2D eigenvalue weighted by molar-refractivity contribution is 5.93. The first-order valence-electron chi connectivity index (χ1n) is 8.35. The number of aryl methyl sites for hydroxylation is 1. The third-order valence-corrected chi connectivity index (χ3v) is 4.39. The highest BCUT2D eigenvalue weighted by atomic mass is 16.2. The first-order chi connectivity index (χ1) is 11.6. The summed E-state index contributed by atoms with van der Waals surface area (Å²) in [5.41, 5.74) is 3.89. The zero-order valence-electron chi connectivity index (χ0n) is 14.3. The van der Waals surface area contributed by atoms with E-state index in [9.17, 15) is 4.79 Å². The Morgan fingerprint density at radius 3 is 2.54 bits per heavy atom. The number of likely N-dealkylation sites (N-methyl/N-ethyl adjacent to an activating group) is 1. The number of hydrogen-bond acceptors (Lipinski definition) is 4. The lowest BCUT2D eigenvalue weighted by molar-refractivity contribution is 0.0658. The maximum Gasteiger partial charge on any atom is 0.272 e. The van der Waals surface area contributed by atoms with Crippen molar-refractivity contribution in [2.24, 2.45) is 0 Å². The molecule has 0 radical (unpaired) electrons. The monoisotopic (exact) mass is 324 g/mol. The quantitative estimate of drug-likeness (QED) is 0.938. The minimum atomic E-state index is 0.0158. The van der Waals surface area contributed by atoms with Crippen molar-refractivity contribution in [1.29, 1.82) is 0 Å². The van der Waals surface area contributed by atoms with Crippen LogP contribution in [-0.2, 0) is 6.54 Å². The van der Waals surface area contributed by atoms with E-state index in [0.717, 1.165) is 38.4 Å². The van der Waals surface area contributed by atoms with Crippen LogP contribution in [-0.4, -0.2) is 53.9 Å². The van der Waals surface area contributed by atoms with E-state index in [0.29, 0.717) is 5.69 Å². The number of hydrogen-bond donors (Lipinski definition) is 1. The third-order valence-electron chi connectivity index (χ3n) is 4.39. The number of piperazine rings is 1. The molecular formula is C19H24N4O. The highest BCUT2D eigenvalue weighted by Gasteiger charge is 2.21. The van der Waals surface area contributed by atoms with Crippen molar-refractivity contribution in [3.63, 3.8) is 0 Å². The molecule has 1 saturated heterocycles. The van der Waals surface area contributed by atoms with Crippen molar-refractivity contribution in [3.05, 3.63) is 59.4 Å². The van der Waals surface area contributed by atoms with Gasteiger partial charge < -0.3 is 15.1 Å². The lowest BCUT2D eigenvalue weighted by Crippen LogP contribution is -2.47. The topological polar surface area (TPSA) is 48.5 Å². The first-order valence-corrected chi connectivity index (χ1v) is 8.35. The summed E-state index contributed by atoms with van der Waals surface area (Å²) in [6, 6.07) is 12.2. The van der Waals surface area contributed by atoms with Gasteiger partial charge in [-0.05, 0) is 31.7 Å². The SMILES string of the molecule is Cc1ccc(CNc2ccnc(C(=O)N3CCN(C)CC3)c2)cc1. The first kappa shape index (κ1) is 16.5. The van der Waals surface area contributed by atoms with Gasteiger partial charge in [0.05, 0.1) is 0 Å². The number of amides is 1. The summed E-state index contributed by atoms with van der Waals surface area (Å²) in [5, 5.41) is 3.37. The average molecular weight is 324 g/mol. The fourth-order valence-electron chi connectivity index (χ4n) is 2.74. The molecule has 0 unspecified atom stereocenters. The van der Waals surface area contributed by atoms with Crippen LogP contribution in [0.1, 0.15) is 21.6 Å². The fraction of sp³-hybridized carbons (Fsp3) is 0.368. The molecule has 126 valence electrons. The van der Waals surface area contributed by atoms with E-state index in [1.807, 2.05) is 17.0 Å². The van der Waals surface area contributed by atoms with E-state index in [1.165, 1.54) is 11.1 Å². The second kappa shape index (κ2) is 7.45. The minimum Gasteiger partial charge on any atom is -0.381 e. The summed E-state index contributed by atoms with van der Waals surface area (Å²) < 4.78 is 0. The predicted octanol–water partition coefficient (Wildman–Crippen LogP) is 2.39. The Hall–Kier alpha value is -2.40. The molecule has 1 aromatic heterocycles. The number of carbonyl (C=O) groups excluding carboxylic acids is 1. The van der Waals surface area contributed by atoms with E-state index in [4.69, 9.17) is 0 Å². The van der Waals surface area contributed by atoms with Gasteiger partial charge in [-0.3, -0.25) is 9.78 Å². The maximum absolute atomic E-state index is 12.6. The molecule has 1 aliphatic rings. The number of nitrogens with one attached hydrogen (secondary N) is 1. The van der Waals surface area contributed by atoms with E-state index < -0.39 is 0 Å². The van der Waals surface area contributed by atoms with Gasteiger partial charge in [-0.2, -0.15) is 0 Å². The molecule has 1 fully saturated rings. The van der Waals surface area contributed by atoms with Gasteiger partial charge in [-0.25, -0.2) is 0 Å². The van der Waals surface area contributed by atoms with E-state index >= 15 is 0 Å². The summed E-state index contributed by atoms with van der Waals surface area (Å²) in [4.78, 5) is 21.0. The van der Waals surface area contributed by atoms with E-state index in [2.05, 4.69) is 53.4 Å². The summed E-state index contributed by atoms with van der Waals surface area (Å²) in [6.45, 7) is 6.16. The molecule has 0 bridgehead atoms. The van der Waals surface area contributed by atoms with Crippen molar-refractivity contribution < 1.29 is 4.79 Å². The molecule has 1 aromatic carbocycles. The largest absolute Gasteiger partial charge is 0.381 e. The zero-order valence-corrected chi connectivity index (χ0v) is 14.3.